The summed E-state index contributed by atoms with van der Waals surface area (Å²) in [4.78, 5) is 20.2. The number of aryl methyl sites for hydroxylation is 2. The summed E-state index contributed by atoms with van der Waals surface area (Å²) in [6.45, 7) is 5.09. The number of carbonyl (C=O) groups excluding carboxylic acids is 1. The molecule has 202 valence electrons. The number of nitrogens with zero attached hydrogens (tertiary/aromatic N) is 1. The van der Waals surface area contributed by atoms with Crippen LogP contribution in [0.15, 0.2) is 88.3 Å². The lowest BCUT2D eigenvalue weighted by molar-refractivity contribution is 0.0951. The molecule has 1 amide bonds. The first-order chi connectivity index (χ1) is 19.6. The quantitative estimate of drug-likeness (QED) is 0.225. The van der Waals surface area contributed by atoms with E-state index in [0.717, 1.165) is 75.2 Å². The second-order valence-corrected chi connectivity index (χ2v) is 11.2. The van der Waals surface area contributed by atoms with Crippen molar-refractivity contribution in [3.8, 4) is 17.1 Å². The first-order valence-corrected chi connectivity index (χ1v) is 14.7. The molecule has 40 heavy (non-hydrogen) atoms. The van der Waals surface area contributed by atoms with Crippen molar-refractivity contribution < 1.29 is 13.9 Å². The van der Waals surface area contributed by atoms with Crippen LogP contribution in [0.2, 0.25) is 0 Å². The largest absolute Gasteiger partial charge is 0.494 e. The van der Waals surface area contributed by atoms with Crippen molar-refractivity contribution in [2.24, 2.45) is 4.99 Å². The van der Waals surface area contributed by atoms with Gasteiger partial charge in [0, 0.05) is 28.4 Å². The topological polar surface area (TPSA) is 63.8 Å². The SMILES string of the molecule is CCOc1ccc2oc(-c3ccc(C)cc3)c/c(=N\c3sc4c(c3C(=O)NCc3ccccc3)CCCC4)c2c1. The van der Waals surface area contributed by atoms with E-state index in [4.69, 9.17) is 14.1 Å². The fourth-order valence-corrected chi connectivity index (χ4v) is 6.47. The molecular weight excluding hydrogens is 516 g/mol. The zero-order chi connectivity index (χ0) is 27.5. The summed E-state index contributed by atoms with van der Waals surface area (Å²) in [6.07, 6.45) is 4.12. The second-order valence-electron chi connectivity index (χ2n) is 10.1. The smallest absolute Gasteiger partial charge is 0.254 e. The van der Waals surface area contributed by atoms with Crippen LogP contribution < -0.4 is 15.4 Å². The third-order valence-corrected chi connectivity index (χ3v) is 8.45. The van der Waals surface area contributed by atoms with Gasteiger partial charge in [-0.3, -0.25) is 4.79 Å². The summed E-state index contributed by atoms with van der Waals surface area (Å²) in [7, 11) is 0. The Morgan fingerprint density at radius 2 is 1.80 bits per heavy atom. The van der Waals surface area contributed by atoms with E-state index in [0.29, 0.717) is 18.7 Å². The summed E-state index contributed by atoms with van der Waals surface area (Å²) in [6, 6.07) is 26.1. The number of rotatable bonds is 7. The first-order valence-electron chi connectivity index (χ1n) is 13.9. The molecule has 0 unspecified atom stereocenters. The van der Waals surface area contributed by atoms with Crippen LogP contribution in [-0.2, 0) is 19.4 Å². The van der Waals surface area contributed by atoms with Crippen LogP contribution in [0.4, 0.5) is 5.00 Å². The van der Waals surface area contributed by atoms with E-state index in [1.807, 2.05) is 61.5 Å². The molecule has 0 saturated carbocycles. The molecule has 6 heteroatoms. The van der Waals surface area contributed by atoms with Crippen LogP contribution in [0, 0.1) is 6.92 Å². The molecule has 6 rings (SSSR count). The average Bonchev–Trinajstić information content (AvgIpc) is 3.35. The molecule has 3 aromatic carbocycles. The lowest BCUT2D eigenvalue weighted by Crippen LogP contribution is -2.24. The summed E-state index contributed by atoms with van der Waals surface area (Å²) in [5, 5.41) is 5.51. The van der Waals surface area contributed by atoms with Gasteiger partial charge in [0.15, 0.2) is 0 Å². The minimum atomic E-state index is -0.0688. The summed E-state index contributed by atoms with van der Waals surface area (Å²) >= 11 is 1.64. The molecule has 0 radical (unpaired) electrons. The maximum Gasteiger partial charge on any atom is 0.254 e. The van der Waals surface area contributed by atoms with Crippen molar-refractivity contribution in [2.45, 2.75) is 46.1 Å². The highest BCUT2D eigenvalue weighted by atomic mass is 32.1. The van der Waals surface area contributed by atoms with E-state index in [9.17, 15) is 4.79 Å². The molecule has 2 aromatic heterocycles. The molecule has 5 aromatic rings. The standard InChI is InChI=1S/C34H32N2O3S/c1-3-38-25-17-18-29-27(19-25)28(20-30(39-29)24-15-13-22(2)14-16-24)36-34-32(26-11-7-8-12-31(26)40-34)33(37)35-21-23-9-5-4-6-10-23/h4-6,9-10,13-20H,3,7-8,11-12,21H2,1-2H3,(H,35,37)/b36-28+. The van der Waals surface area contributed by atoms with Crippen LogP contribution in [0.5, 0.6) is 5.75 Å². The number of ether oxygens (including phenoxy) is 1. The van der Waals surface area contributed by atoms with Gasteiger partial charge in [-0.05, 0) is 68.9 Å². The normalized spacial score (nSPS) is 13.3. The molecule has 0 spiro atoms. The molecule has 1 aliphatic carbocycles. The predicted octanol–water partition coefficient (Wildman–Crippen LogP) is 7.91. The van der Waals surface area contributed by atoms with E-state index in [2.05, 4.69) is 36.5 Å². The van der Waals surface area contributed by atoms with Crippen molar-refractivity contribution in [3.63, 3.8) is 0 Å². The maximum absolute atomic E-state index is 13.7. The number of hydrogen-bond donors (Lipinski definition) is 1. The van der Waals surface area contributed by atoms with Crippen molar-refractivity contribution in [1.29, 1.82) is 0 Å². The molecule has 0 aliphatic heterocycles. The average molecular weight is 549 g/mol. The number of hydrogen-bond acceptors (Lipinski definition) is 5. The molecule has 0 fully saturated rings. The predicted molar refractivity (Wildman–Crippen MR) is 161 cm³/mol. The fourth-order valence-electron chi connectivity index (χ4n) is 5.20. The van der Waals surface area contributed by atoms with Gasteiger partial charge in [0.25, 0.3) is 5.91 Å². The van der Waals surface area contributed by atoms with Crippen LogP contribution in [0.1, 0.15) is 51.7 Å². The zero-order valence-corrected chi connectivity index (χ0v) is 23.6. The fraction of sp³-hybridized carbons (Fsp3) is 0.235. The molecule has 0 bridgehead atoms. The second kappa shape index (κ2) is 11.5. The Kier molecular flexibility index (Phi) is 7.51. The number of fused-ring (bicyclic) bond motifs is 2. The summed E-state index contributed by atoms with van der Waals surface area (Å²) < 4.78 is 12.2. The monoisotopic (exact) mass is 548 g/mol. The Balaban J connectivity index is 1.50. The molecule has 1 aliphatic rings. The van der Waals surface area contributed by atoms with Crippen LogP contribution in [-0.4, -0.2) is 12.5 Å². The van der Waals surface area contributed by atoms with Gasteiger partial charge >= 0.3 is 0 Å². The van der Waals surface area contributed by atoms with E-state index in [-0.39, 0.29) is 5.91 Å². The minimum Gasteiger partial charge on any atom is -0.494 e. The Hall–Kier alpha value is -4.16. The summed E-state index contributed by atoms with van der Waals surface area (Å²) in [5.74, 6) is 1.42. The molecule has 5 nitrogen and oxygen atoms in total. The van der Waals surface area contributed by atoms with Crippen molar-refractivity contribution in [3.05, 3.63) is 111 Å². The number of thiophene rings is 1. The van der Waals surface area contributed by atoms with Crippen LogP contribution >= 0.6 is 11.3 Å². The maximum atomic E-state index is 13.7. The number of amides is 1. The summed E-state index contributed by atoms with van der Waals surface area (Å²) in [5.41, 5.74) is 5.81. The van der Waals surface area contributed by atoms with E-state index >= 15 is 0 Å². The number of nitrogens with one attached hydrogen (secondary N) is 1. The zero-order valence-electron chi connectivity index (χ0n) is 22.8. The Morgan fingerprint density at radius 1 is 1.00 bits per heavy atom. The number of benzene rings is 3. The third-order valence-electron chi connectivity index (χ3n) is 7.26. The van der Waals surface area contributed by atoms with Gasteiger partial charge in [-0.1, -0.05) is 60.2 Å². The van der Waals surface area contributed by atoms with Gasteiger partial charge in [-0.25, -0.2) is 4.99 Å². The Labute approximate surface area is 238 Å². The third kappa shape index (κ3) is 5.45. The molecular formula is C34H32N2O3S. The van der Waals surface area contributed by atoms with Crippen LogP contribution in [0.25, 0.3) is 22.3 Å². The molecule has 2 heterocycles. The van der Waals surface area contributed by atoms with E-state index in [1.54, 1.807) is 11.3 Å². The highest BCUT2D eigenvalue weighted by molar-refractivity contribution is 7.16. The lowest BCUT2D eigenvalue weighted by atomic mass is 9.95. The van der Waals surface area contributed by atoms with Crippen molar-refractivity contribution in [2.75, 3.05) is 6.61 Å². The van der Waals surface area contributed by atoms with Gasteiger partial charge in [0.2, 0.25) is 0 Å². The lowest BCUT2D eigenvalue weighted by Gasteiger charge is -2.13. The minimum absolute atomic E-state index is 0.0688. The van der Waals surface area contributed by atoms with Gasteiger partial charge in [-0.2, -0.15) is 0 Å². The van der Waals surface area contributed by atoms with E-state index in [1.165, 1.54) is 10.4 Å². The highest BCUT2D eigenvalue weighted by Crippen LogP contribution is 2.40. The van der Waals surface area contributed by atoms with Crippen molar-refractivity contribution in [1.82, 2.24) is 5.32 Å². The molecule has 1 N–H and O–H groups in total. The Morgan fingerprint density at radius 3 is 2.60 bits per heavy atom. The van der Waals surface area contributed by atoms with Gasteiger partial charge in [0.1, 0.15) is 22.1 Å². The van der Waals surface area contributed by atoms with Crippen LogP contribution in [0.3, 0.4) is 0 Å². The van der Waals surface area contributed by atoms with Gasteiger partial charge in [0.05, 0.1) is 17.5 Å². The van der Waals surface area contributed by atoms with Crippen molar-refractivity contribution >= 4 is 33.2 Å². The van der Waals surface area contributed by atoms with Gasteiger partial charge < -0.3 is 14.5 Å². The first kappa shape index (κ1) is 26.1. The van der Waals surface area contributed by atoms with Gasteiger partial charge in [-0.15, -0.1) is 11.3 Å². The molecule has 0 atom stereocenters. The highest BCUT2D eigenvalue weighted by Gasteiger charge is 2.25. The molecule has 0 saturated heterocycles. The number of carbonyl (C=O) groups is 1. The Bertz CT molecular complexity index is 1730. The van der Waals surface area contributed by atoms with E-state index < -0.39 is 0 Å².